The molecule has 0 spiro atoms. The third-order valence-electron chi connectivity index (χ3n) is 4.99. The molecule has 2 heterocycles. The Morgan fingerprint density at radius 1 is 1.14 bits per heavy atom. The largest absolute Gasteiger partial charge is 0.367 e. The molecule has 7 nitrogen and oxygen atoms in total. The highest BCUT2D eigenvalue weighted by Crippen LogP contribution is 2.26. The summed E-state index contributed by atoms with van der Waals surface area (Å²) < 4.78 is 26.5. The number of aliphatic imine (C=N–C) groups is 1. The maximum absolute atomic E-state index is 12.5. The van der Waals surface area contributed by atoms with E-state index in [1.54, 1.807) is 23.1 Å². The average Bonchev–Trinajstić information content (AvgIpc) is 2.72. The SMILES string of the molecule is CN=C(NCCS(=O)(=O)N1CCSCC1)N1CCN(c2ccccc2Cl)CC1.I. The predicted octanol–water partition coefficient (Wildman–Crippen LogP) is 2.03. The van der Waals surface area contributed by atoms with Crippen molar-refractivity contribution in [2.45, 2.75) is 0 Å². The molecule has 3 rings (SSSR count). The van der Waals surface area contributed by atoms with Gasteiger partial charge in [-0.2, -0.15) is 11.8 Å². The Balaban J connectivity index is 0.00000300. The summed E-state index contributed by atoms with van der Waals surface area (Å²) in [6.07, 6.45) is 0. The highest BCUT2D eigenvalue weighted by Gasteiger charge is 2.25. The number of sulfonamides is 1. The third-order valence-corrected chi connectivity index (χ3v) is 8.12. The van der Waals surface area contributed by atoms with E-state index in [1.807, 2.05) is 24.3 Å². The van der Waals surface area contributed by atoms with Crippen LogP contribution in [0, 0.1) is 0 Å². The lowest BCUT2D eigenvalue weighted by Crippen LogP contribution is -2.53. The summed E-state index contributed by atoms with van der Waals surface area (Å²) in [5.74, 6) is 2.60. The van der Waals surface area contributed by atoms with E-state index >= 15 is 0 Å². The number of thioether (sulfide) groups is 1. The van der Waals surface area contributed by atoms with Crippen LogP contribution >= 0.6 is 47.3 Å². The number of nitrogens with zero attached hydrogens (tertiary/aromatic N) is 4. The van der Waals surface area contributed by atoms with Gasteiger partial charge in [-0.3, -0.25) is 4.99 Å². The van der Waals surface area contributed by atoms with E-state index in [9.17, 15) is 8.42 Å². The minimum absolute atomic E-state index is 0. The lowest BCUT2D eigenvalue weighted by atomic mass is 10.2. The van der Waals surface area contributed by atoms with Gasteiger partial charge in [0.05, 0.1) is 16.5 Å². The monoisotopic (exact) mass is 573 g/mol. The van der Waals surface area contributed by atoms with Gasteiger partial charge in [0.25, 0.3) is 0 Å². The highest BCUT2D eigenvalue weighted by atomic mass is 127. The Labute approximate surface area is 200 Å². The molecule has 2 aliphatic rings. The van der Waals surface area contributed by atoms with Crippen LogP contribution in [0.4, 0.5) is 5.69 Å². The number of halogens is 2. The lowest BCUT2D eigenvalue weighted by Gasteiger charge is -2.38. The number of hydrogen-bond acceptors (Lipinski definition) is 5. The van der Waals surface area contributed by atoms with Crippen molar-refractivity contribution >= 4 is 69.0 Å². The number of guanidine groups is 1. The van der Waals surface area contributed by atoms with Gasteiger partial charge in [-0.05, 0) is 12.1 Å². The summed E-state index contributed by atoms with van der Waals surface area (Å²) in [5.41, 5.74) is 1.05. The van der Waals surface area contributed by atoms with Gasteiger partial charge in [-0.1, -0.05) is 23.7 Å². The van der Waals surface area contributed by atoms with Crippen molar-refractivity contribution in [3.63, 3.8) is 0 Å². The Morgan fingerprint density at radius 2 is 1.79 bits per heavy atom. The second-order valence-electron chi connectivity index (χ2n) is 6.73. The van der Waals surface area contributed by atoms with Gasteiger partial charge in [0.2, 0.25) is 10.0 Å². The molecule has 164 valence electrons. The molecule has 1 N–H and O–H groups in total. The molecular formula is C18H29ClIN5O2S2. The Hall–Kier alpha value is -0.430. The molecule has 2 fully saturated rings. The topological polar surface area (TPSA) is 68.2 Å². The van der Waals surface area contributed by atoms with Gasteiger partial charge in [0.1, 0.15) is 0 Å². The van der Waals surface area contributed by atoms with Crippen molar-refractivity contribution in [2.75, 3.05) is 75.0 Å². The molecule has 0 unspecified atom stereocenters. The van der Waals surface area contributed by atoms with E-state index in [0.717, 1.165) is 54.4 Å². The number of piperazine rings is 1. The standard InChI is InChI=1S/C18H28ClN5O2S2.HI/c1-20-18(21-6-15-28(25,26)24-11-13-27-14-12-24)23-9-7-22(8-10-23)17-5-3-2-4-16(17)19;/h2-5H,6-15H2,1H3,(H,20,21);1H. The van der Waals surface area contributed by atoms with E-state index in [1.165, 1.54) is 0 Å². The second-order valence-corrected chi connectivity index (χ2v) is 10.4. The summed E-state index contributed by atoms with van der Waals surface area (Å²) in [4.78, 5) is 8.77. The molecular weight excluding hydrogens is 545 g/mol. The van der Waals surface area contributed by atoms with Crippen LogP contribution in [0.2, 0.25) is 5.02 Å². The minimum atomic E-state index is -3.21. The van der Waals surface area contributed by atoms with Crippen LogP contribution in [-0.2, 0) is 10.0 Å². The zero-order valence-corrected chi connectivity index (χ0v) is 21.3. The molecule has 0 radical (unpaired) electrons. The van der Waals surface area contributed by atoms with Crippen LogP contribution in [-0.4, -0.2) is 93.7 Å². The fraction of sp³-hybridized carbons (Fsp3) is 0.611. The van der Waals surface area contributed by atoms with Crippen molar-refractivity contribution in [3.8, 4) is 0 Å². The van der Waals surface area contributed by atoms with E-state index < -0.39 is 10.0 Å². The van der Waals surface area contributed by atoms with Gasteiger partial charge >= 0.3 is 0 Å². The highest BCUT2D eigenvalue weighted by molar-refractivity contribution is 14.0. The number of anilines is 1. The first-order valence-corrected chi connectivity index (χ1v) is 12.7. The van der Waals surface area contributed by atoms with Crippen molar-refractivity contribution in [1.82, 2.24) is 14.5 Å². The number of rotatable bonds is 5. The number of para-hydroxylation sites is 1. The lowest BCUT2D eigenvalue weighted by molar-refractivity contribution is 0.373. The molecule has 11 heteroatoms. The van der Waals surface area contributed by atoms with Crippen LogP contribution in [0.1, 0.15) is 0 Å². The molecule has 2 aliphatic heterocycles. The predicted molar refractivity (Wildman–Crippen MR) is 135 cm³/mol. The first-order chi connectivity index (χ1) is 13.5. The molecule has 0 atom stereocenters. The molecule has 1 aromatic carbocycles. The minimum Gasteiger partial charge on any atom is -0.367 e. The van der Waals surface area contributed by atoms with Gasteiger partial charge in [0.15, 0.2) is 5.96 Å². The van der Waals surface area contributed by atoms with E-state index in [4.69, 9.17) is 11.6 Å². The number of nitrogens with one attached hydrogen (secondary N) is 1. The second kappa shape index (κ2) is 11.8. The summed E-state index contributed by atoms with van der Waals surface area (Å²) in [7, 11) is -1.47. The van der Waals surface area contributed by atoms with Crippen LogP contribution in [0.5, 0.6) is 0 Å². The molecule has 0 amide bonds. The smallest absolute Gasteiger partial charge is 0.215 e. The molecule has 2 saturated heterocycles. The van der Waals surface area contributed by atoms with Crippen LogP contribution in [0.15, 0.2) is 29.3 Å². The van der Waals surface area contributed by atoms with Crippen molar-refractivity contribution < 1.29 is 8.42 Å². The maximum Gasteiger partial charge on any atom is 0.215 e. The van der Waals surface area contributed by atoms with Crippen LogP contribution in [0.3, 0.4) is 0 Å². The third kappa shape index (κ3) is 6.78. The zero-order chi connectivity index (χ0) is 20.0. The van der Waals surface area contributed by atoms with Crippen molar-refractivity contribution in [3.05, 3.63) is 29.3 Å². The maximum atomic E-state index is 12.5. The van der Waals surface area contributed by atoms with E-state index in [-0.39, 0.29) is 29.7 Å². The Morgan fingerprint density at radius 3 is 2.41 bits per heavy atom. The molecule has 0 aromatic heterocycles. The van der Waals surface area contributed by atoms with Crippen molar-refractivity contribution in [2.24, 2.45) is 4.99 Å². The molecule has 0 saturated carbocycles. The van der Waals surface area contributed by atoms with Gasteiger partial charge < -0.3 is 15.1 Å². The normalized spacial score (nSPS) is 19.0. The first kappa shape index (κ1) is 24.8. The quantitative estimate of drug-likeness (QED) is 0.330. The molecule has 0 bridgehead atoms. The van der Waals surface area contributed by atoms with Gasteiger partial charge in [0, 0.05) is 64.4 Å². The van der Waals surface area contributed by atoms with Gasteiger partial charge in [-0.25, -0.2) is 12.7 Å². The van der Waals surface area contributed by atoms with Crippen LogP contribution in [0.25, 0.3) is 0 Å². The van der Waals surface area contributed by atoms with Crippen LogP contribution < -0.4 is 10.2 Å². The summed E-state index contributed by atoms with van der Waals surface area (Å²) in [6.45, 7) is 4.89. The fourth-order valence-electron chi connectivity index (χ4n) is 3.45. The molecule has 1 aromatic rings. The van der Waals surface area contributed by atoms with Gasteiger partial charge in [-0.15, -0.1) is 24.0 Å². The van der Waals surface area contributed by atoms with E-state index in [2.05, 4.69) is 20.1 Å². The first-order valence-electron chi connectivity index (χ1n) is 9.52. The summed E-state index contributed by atoms with van der Waals surface area (Å²) in [5, 5.41) is 3.98. The summed E-state index contributed by atoms with van der Waals surface area (Å²) >= 11 is 8.11. The molecule has 0 aliphatic carbocycles. The molecule has 29 heavy (non-hydrogen) atoms. The Kier molecular flexibility index (Phi) is 10.1. The average molecular weight is 574 g/mol. The number of benzene rings is 1. The fourth-order valence-corrected chi connectivity index (χ4v) is 6.19. The van der Waals surface area contributed by atoms with E-state index in [0.29, 0.717) is 19.6 Å². The zero-order valence-electron chi connectivity index (χ0n) is 16.6. The van der Waals surface area contributed by atoms with Crippen molar-refractivity contribution in [1.29, 1.82) is 0 Å². The summed E-state index contributed by atoms with van der Waals surface area (Å²) in [6, 6.07) is 7.88. The Bertz CT molecular complexity index is 782. The number of hydrogen-bond donors (Lipinski definition) is 1.